The van der Waals surface area contributed by atoms with Crippen molar-refractivity contribution in [3.63, 3.8) is 0 Å². The molecule has 3 amide bonds. The van der Waals surface area contributed by atoms with E-state index < -0.39 is 0 Å². The molecule has 2 aliphatic rings. The summed E-state index contributed by atoms with van der Waals surface area (Å²) in [6.07, 6.45) is 0.244. The lowest BCUT2D eigenvalue weighted by atomic mass is 9.97. The monoisotopic (exact) mass is 420 g/mol. The van der Waals surface area contributed by atoms with Crippen LogP contribution in [0.5, 0.6) is 0 Å². The van der Waals surface area contributed by atoms with E-state index >= 15 is 0 Å². The minimum absolute atomic E-state index is 0.0401. The zero-order valence-corrected chi connectivity index (χ0v) is 17.5. The number of benzene rings is 2. The van der Waals surface area contributed by atoms with Gasteiger partial charge in [0, 0.05) is 43.8 Å². The molecule has 31 heavy (non-hydrogen) atoms. The van der Waals surface area contributed by atoms with Crippen molar-refractivity contribution in [1.82, 2.24) is 4.90 Å². The predicted octanol–water partition coefficient (Wildman–Crippen LogP) is 3.09. The van der Waals surface area contributed by atoms with E-state index in [9.17, 15) is 19.2 Å². The summed E-state index contributed by atoms with van der Waals surface area (Å²) in [4.78, 5) is 48.9. The standard InChI is InChI=1S/C24H24N2O5/c1-14-11-23(29)26(24(14)30)10-9-22(28)25-16-7-8-19-17-5-3-4-6-18(17)21(20(19)12-16)13-31-15(2)27/h3-8,12,14,21H,9-11,13H2,1-2H3,(H,25,28). The highest BCUT2D eigenvalue weighted by molar-refractivity contribution is 6.03. The molecule has 1 fully saturated rings. The van der Waals surface area contributed by atoms with Crippen LogP contribution in [0.25, 0.3) is 11.1 Å². The highest BCUT2D eigenvalue weighted by atomic mass is 16.5. The molecule has 2 atom stereocenters. The van der Waals surface area contributed by atoms with Crippen LogP contribution in [0, 0.1) is 5.92 Å². The number of anilines is 1. The molecule has 1 aliphatic heterocycles. The van der Waals surface area contributed by atoms with Gasteiger partial charge in [0.2, 0.25) is 17.7 Å². The highest BCUT2D eigenvalue weighted by Gasteiger charge is 2.35. The number of amides is 3. The number of hydrogen-bond acceptors (Lipinski definition) is 5. The normalized spacial score (nSPS) is 19.2. The molecule has 2 aromatic rings. The molecule has 2 aromatic carbocycles. The largest absolute Gasteiger partial charge is 0.465 e. The van der Waals surface area contributed by atoms with Crippen molar-refractivity contribution in [3.05, 3.63) is 53.6 Å². The number of imide groups is 1. The second-order valence-electron chi connectivity index (χ2n) is 8.03. The van der Waals surface area contributed by atoms with E-state index in [4.69, 9.17) is 4.74 Å². The number of fused-ring (bicyclic) bond motifs is 3. The Bertz CT molecular complexity index is 1080. The number of rotatable bonds is 6. The summed E-state index contributed by atoms with van der Waals surface area (Å²) < 4.78 is 5.29. The van der Waals surface area contributed by atoms with Gasteiger partial charge in [-0.15, -0.1) is 0 Å². The molecule has 1 heterocycles. The molecule has 7 heteroatoms. The smallest absolute Gasteiger partial charge is 0.302 e. The average molecular weight is 420 g/mol. The lowest BCUT2D eigenvalue weighted by Gasteiger charge is -2.16. The second kappa shape index (κ2) is 8.34. The van der Waals surface area contributed by atoms with Gasteiger partial charge in [-0.2, -0.15) is 0 Å². The van der Waals surface area contributed by atoms with E-state index in [0.29, 0.717) is 5.69 Å². The summed E-state index contributed by atoms with van der Waals surface area (Å²) in [7, 11) is 0. The maximum absolute atomic E-state index is 12.4. The van der Waals surface area contributed by atoms with Gasteiger partial charge in [-0.3, -0.25) is 24.1 Å². The Hall–Kier alpha value is -3.48. The molecule has 0 bridgehead atoms. The Labute approximate surface area is 180 Å². The number of likely N-dealkylation sites (tertiary alicyclic amines) is 1. The third kappa shape index (κ3) is 4.08. The number of nitrogens with one attached hydrogen (secondary N) is 1. The van der Waals surface area contributed by atoms with Gasteiger partial charge in [0.1, 0.15) is 6.61 Å². The third-order valence-electron chi connectivity index (χ3n) is 5.82. The Kier molecular flexibility index (Phi) is 5.59. The first kappa shape index (κ1) is 20.8. The first-order valence-electron chi connectivity index (χ1n) is 10.4. The fourth-order valence-corrected chi connectivity index (χ4v) is 4.29. The Morgan fingerprint density at radius 2 is 1.84 bits per heavy atom. The summed E-state index contributed by atoms with van der Waals surface area (Å²) in [6, 6.07) is 13.7. The van der Waals surface area contributed by atoms with Crippen LogP contribution >= 0.6 is 0 Å². The van der Waals surface area contributed by atoms with E-state index in [2.05, 4.69) is 5.32 Å². The number of carbonyl (C=O) groups is 4. The Morgan fingerprint density at radius 1 is 1.10 bits per heavy atom. The van der Waals surface area contributed by atoms with Crippen LogP contribution in [0.4, 0.5) is 5.69 Å². The van der Waals surface area contributed by atoms with Crippen LogP contribution < -0.4 is 5.32 Å². The fraction of sp³-hybridized carbons (Fsp3) is 0.333. The lowest BCUT2D eigenvalue weighted by molar-refractivity contribution is -0.141. The first-order chi connectivity index (χ1) is 14.8. The van der Waals surface area contributed by atoms with Gasteiger partial charge in [-0.25, -0.2) is 0 Å². The van der Waals surface area contributed by atoms with E-state index in [1.54, 1.807) is 6.92 Å². The predicted molar refractivity (Wildman–Crippen MR) is 114 cm³/mol. The SMILES string of the molecule is CC(=O)OCC1c2ccccc2-c2ccc(NC(=O)CCN3C(=O)CC(C)C3=O)cc21. The van der Waals surface area contributed by atoms with Crippen LogP contribution in [0.15, 0.2) is 42.5 Å². The van der Waals surface area contributed by atoms with Gasteiger partial charge in [-0.05, 0) is 34.4 Å². The van der Waals surface area contributed by atoms with Crippen LogP contribution in [0.3, 0.4) is 0 Å². The van der Waals surface area contributed by atoms with E-state index in [-0.39, 0.29) is 61.5 Å². The van der Waals surface area contributed by atoms with Crippen molar-refractivity contribution < 1.29 is 23.9 Å². The molecule has 0 saturated carbocycles. The highest BCUT2D eigenvalue weighted by Crippen LogP contribution is 2.45. The summed E-state index contributed by atoms with van der Waals surface area (Å²) in [6.45, 7) is 3.41. The van der Waals surface area contributed by atoms with Gasteiger partial charge in [-0.1, -0.05) is 37.3 Å². The fourth-order valence-electron chi connectivity index (χ4n) is 4.29. The Balaban J connectivity index is 1.48. The number of esters is 1. The van der Waals surface area contributed by atoms with Gasteiger partial charge >= 0.3 is 5.97 Å². The average Bonchev–Trinajstić information content (AvgIpc) is 3.17. The molecule has 7 nitrogen and oxygen atoms in total. The lowest BCUT2D eigenvalue weighted by Crippen LogP contribution is -2.33. The number of carbonyl (C=O) groups excluding carboxylic acids is 4. The maximum Gasteiger partial charge on any atom is 0.302 e. The van der Waals surface area contributed by atoms with Crippen molar-refractivity contribution in [1.29, 1.82) is 0 Å². The van der Waals surface area contributed by atoms with Gasteiger partial charge in [0.25, 0.3) is 0 Å². The third-order valence-corrected chi connectivity index (χ3v) is 5.82. The van der Waals surface area contributed by atoms with Crippen molar-refractivity contribution in [2.75, 3.05) is 18.5 Å². The van der Waals surface area contributed by atoms with Crippen LogP contribution in [0.1, 0.15) is 43.7 Å². The van der Waals surface area contributed by atoms with Gasteiger partial charge < -0.3 is 10.1 Å². The zero-order valence-electron chi connectivity index (χ0n) is 17.5. The zero-order chi connectivity index (χ0) is 22.1. The van der Waals surface area contributed by atoms with E-state index in [1.807, 2.05) is 42.5 Å². The molecule has 160 valence electrons. The number of hydrogen-bond donors (Lipinski definition) is 1. The first-order valence-corrected chi connectivity index (χ1v) is 10.4. The van der Waals surface area contributed by atoms with Gasteiger partial charge in [0.15, 0.2) is 0 Å². The molecule has 1 aliphatic carbocycles. The van der Waals surface area contributed by atoms with E-state index in [0.717, 1.165) is 22.3 Å². The molecule has 0 aromatic heterocycles. The topological polar surface area (TPSA) is 92.8 Å². The number of ether oxygens (including phenoxy) is 1. The summed E-state index contributed by atoms with van der Waals surface area (Å²) in [5.41, 5.74) is 4.83. The minimum Gasteiger partial charge on any atom is -0.465 e. The molecular weight excluding hydrogens is 396 g/mol. The van der Waals surface area contributed by atoms with Gasteiger partial charge in [0.05, 0.1) is 0 Å². The van der Waals surface area contributed by atoms with Crippen molar-refractivity contribution in [2.24, 2.45) is 5.92 Å². The maximum atomic E-state index is 12.4. The molecule has 4 rings (SSSR count). The van der Waals surface area contributed by atoms with Crippen LogP contribution in [0.2, 0.25) is 0 Å². The summed E-state index contributed by atoms with van der Waals surface area (Å²) in [5.74, 6) is -1.48. The number of nitrogens with zero attached hydrogens (tertiary/aromatic N) is 1. The van der Waals surface area contributed by atoms with Crippen molar-refractivity contribution in [3.8, 4) is 11.1 Å². The van der Waals surface area contributed by atoms with E-state index in [1.165, 1.54) is 11.8 Å². The Morgan fingerprint density at radius 3 is 2.55 bits per heavy atom. The van der Waals surface area contributed by atoms with Crippen molar-refractivity contribution >= 4 is 29.4 Å². The molecule has 1 saturated heterocycles. The summed E-state index contributed by atoms with van der Waals surface area (Å²) >= 11 is 0. The minimum atomic E-state index is -0.337. The van der Waals surface area contributed by atoms with Crippen molar-refractivity contribution in [2.45, 2.75) is 32.6 Å². The quantitative estimate of drug-likeness (QED) is 0.573. The molecule has 0 radical (unpaired) electrons. The molecule has 1 N–H and O–H groups in total. The molecule has 0 spiro atoms. The molecule has 2 unspecified atom stereocenters. The summed E-state index contributed by atoms with van der Waals surface area (Å²) in [5, 5.41) is 2.85. The van der Waals surface area contributed by atoms with Crippen LogP contribution in [-0.4, -0.2) is 41.7 Å². The molecular formula is C24H24N2O5. The second-order valence-corrected chi connectivity index (χ2v) is 8.03. The van der Waals surface area contributed by atoms with Crippen LogP contribution in [-0.2, 0) is 23.9 Å².